The van der Waals surface area contributed by atoms with Crippen molar-refractivity contribution < 1.29 is 4.42 Å². The van der Waals surface area contributed by atoms with E-state index >= 15 is 0 Å². The number of nitrogens with one attached hydrogen (secondary N) is 2. The molecule has 0 spiro atoms. The zero-order chi connectivity index (χ0) is 18.8. The van der Waals surface area contributed by atoms with Crippen LogP contribution < -0.4 is 21.8 Å². The van der Waals surface area contributed by atoms with Crippen LogP contribution in [0.25, 0.3) is 23.1 Å². The molecule has 0 fully saturated rings. The van der Waals surface area contributed by atoms with Gasteiger partial charge in [0, 0.05) is 18.0 Å². The fourth-order valence-electron chi connectivity index (χ4n) is 2.89. The summed E-state index contributed by atoms with van der Waals surface area (Å²) in [7, 11) is 0. The van der Waals surface area contributed by atoms with Gasteiger partial charge in [-0.05, 0) is 29.8 Å². The molecule has 3 heterocycles. The zero-order valence-corrected chi connectivity index (χ0v) is 14.5. The number of hydrogen-bond donors (Lipinski definition) is 2. The van der Waals surface area contributed by atoms with Gasteiger partial charge in [-0.25, -0.2) is 4.98 Å². The van der Waals surface area contributed by atoms with Gasteiger partial charge in [-0.3, -0.25) is 14.6 Å². The van der Waals surface area contributed by atoms with Crippen molar-refractivity contribution in [3.63, 3.8) is 0 Å². The van der Waals surface area contributed by atoms with Crippen LogP contribution in [-0.4, -0.2) is 19.9 Å². The average Bonchev–Trinajstić information content (AvgIpc) is 3.13. The lowest BCUT2D eigenvalue weighted by molar-refractivity contribution is 0.509. The van der Waals surface area contributed by atoms with Gasteiger partial charge >= 0.3 is 0 Å². The van der Waals surface area contributed by atoms with Gasteiger partial charge in [-0.1, -0.05) is 25.1 Å². The summed E-state index contributed by atoms with van der Waals surface area (Å²) in [5.41, 5.74) is 1.32. The number of pyridine rings is 1. The first-order valence-corrected chi connectivity index (χ1v) is 8.48. The van der Waals surface area contributed by atoms with E-state index in [1.165, 1.54) is 12.5 Å². The molecule has 0 aliphatic rings. The van der Waals surface area contributed by atoms with E-state index < -0.39 is 11.1 Å². The minimum Gasteiger partial charge on any atom is -0.448 e. The minimum atomic E-state index is -0.413. The van der Waals surface area contributed by atoms with Crippen molar-refractivity contribution in [1.29, 1.82) is 0 Å². The predicted octanol–water partition coefficient (Wildman–Crippen LogP) is 0.819. The molecule has 0 saturated heterocycles. The van der Waals surface area contributed by atoms with Gasteiger partial charge < -0.3 is 14.4 Å². The Morgan fingerprint density at radius 3 is 2.52 bits per heavy atom. The number of oxazole rings is 1. The van der Waals surface area contributed by atoms with E-state index in [2.05, 4.69) is 19.9 Å². The topological polar surface area (TPSA) is 105 Å². The van der Waals surface area contributed by atoms with E-state index in [1.807, 2.05) is 31.2 Å². The Kier molecular flexibility index (Phi) is 4.25. The molecule has 0 unspecified atom stereocenters. The van der Waals surface area contributed by atoms with Gasteiger partial charge in [-0.2, -0.15) is 0 Å². The van der Waals surface area contributed by atoms with Crippen LogP contribution in [0, 0.1) is 0 Å². The molecule has 4 aromatic rings. The Morgan fingerprint density at radius 2 is 1.74 bits per heavy atom. The maximum atomic E-state index is 12.5. The summed E-state index contributed by atoms with van der Waals surface area (Å²) >= 11 is 0. The van der Waals surface area contributed by atoms with E-state index in [0.717, 1.165) is 16.5 Å². The van der Waals surface area contributed by atoms with Gasteiger partial charge in [0.1, 0.15) is 22.2 Å². The van der Waals surface area contributed by atoms with Gasteiger partial charge in [-0.15, -0.1) is 0 Å². The Bertz CT molecular complexity index is 1360. The van der Waals surface area contributed by atoms with Crippen molar-refractivity contribution in [2.75, 3.05) is 0 Å². The lowest BCUT2D eigenvalue weighted by atomic mass is 10.1. The van der Waals surface area contributed by atoms with Gasteiger partial charge in [0.15, 0.2) is 6.39 Å². The highest BCUT2D eigenvalue weighted by atomic mass is 16.3. The molecular formula is C20H16N4O3. The summed E-state index contributed by atoms with van der Waals surface area (Å²) in [6, 6.07) is 9.39. The standard InChI is InChI=1S/C20H16N4O3/c1-2-18-15(22-11-27-18)10-17-20(26)23-16(19(25)24-17)9-12-7-8-21-14-6-4-3-5-13(12)14/h3-11H,2H2,1H3,(H,23,26)(H,24,25)/b16-9-,17-10-. The summed E-state index contributed by atoms with van der Waals surface area (Å²) in [5, 5.41) is 1.19. The summed E-state index contributed by atoms with van der Waals surface area (Å²) in [6.45, 7) is 1.92. The maximum Gasteiger partial charge on any atom is 0.272 e. The number of nitrogens with zero attached hydrogens (tertiary/aromatic N) is 2. The Balaban J connectivity index is 1.89. The number of para-hydroxylation sites is 1. The molecule has 3 aromatic heterocycles. The zero-order valence-electron chi connectivity index (χ0n) is 14.5. The molecule has 0 radical (unpaired) electrons. The summed E-state index contributed by atoms with van der Waals surface area (Å²) in [6.07, 6.45) is 6.76. The highest BCUT2D eigenvalue weighted by Gasteiger charge is 2.05. The van der Waals surface area contributed by atoms with Crippen LogP contribution in [0.2, 0.25) is 0 Å². The highest BCUT2D eigenvalue weighted by Crippen LogP contribution is 2.16. The van der Waals surface area contributed by atoms with Crippen LogP contribution in [0.4, 0.5) is 0 Å². The van der Waals surface area contributed by atoms with Gasteiger partial charge in [0.2, 0.25) is 0 Å². The molecule has 2 N–H and O–H groups in total. The van der Waals surface area contributed by atoms with E-state index in [9.17, 15) is 9.59 Å². The molecule has 0 atom stereocenters. The lowest BCUT2D eigenvalue weighted by Crippen LogP contribution is -2.46. The molecule has 4 rings (SSSR count). The number of fused-ring (bicyclic) bond motifs is 1. The fourth-order valence-corrected chi connectivity index (χ4v) is 2.89. The number of hydrogen-bond acceptors (Lipinski definition) is 5. The van der Waals surface area contributed by atoms with Crippen molar-refractivity contribution in [3.05, 3.63) is 91.3 Å². The minimum absolute atomic E-state index is 0.125. The largest absolute Gasteiger partial charge is 0.448 e. The monoisotopic (exact) mass is 360 g/mol. The van der Waals surface area contributed by atoms with E-state index in [0.29, 0.717) is 17.9 Å². The van der Waals surface area contributed by atoms with E-state index in [1.54, 1.807) is 18.3 Å². The molecule has 0 aliphatic heterocycles. The number of aromatic amines is 2. The second kappa shape index (κ2) is 6.87. The van der Waals surface area contributed by atoms with Crippen molar-refractivity contribution >= 4 is 23.1 Å². The summed E-state index contributed by atoms with van der Waals surface area (Å²) in [4.78, 5) is 38.5. The molecule has 134 valence electrons. The van der Waals surface area contributed by atoms with Crippen molar-refractivity contribution in [2.45, 2.75) is 13.3 Å². The second-order valence-electron chi connectivity index (χ2n) is 5.96. The second-order valence-corrected chi connectivity index (χ2v) is 5.96. The SMILES string of the molecule is CCc1ocnc1/C=c1\[nH]c(=O)/c(=C/c2ccnc3ccccc23)[nH]c1=O. The normalized spacial score (nSPS) is 12.8. The molecule has 27 heavy (non-hydrogen) atoms. The molecule has 0 aliphatic carbocycles. The van der Waals surface area contributed by atoms with E-state index in [4.69, 9.17) is 4.42 Å². The first kappa shape index (κ1) is 16.7. The molecular weight excluding hydrogens is 344 g/mol. The Morgan fingerprint density at radius 1 is 1.00 bits per heavy atom. The molecule has 0 saturated carbocycles. The van der Waals surface area contributed by atoms with Crippen LogP contribution in [-0.2, 0) is 6.42 Å². The summed E-state index contributed by atoms with van der Waals surface area (Å²) in [5.74, 6) is 0.647. The maximum absolute atomic E-state index is 12.5. The lowest BCUT2D eigenvalue weighted by Gasteiger charge is -2.00. The summed E-state index contributed by atoms with van der Waals surface area (Å²) < 4.78 is 5.24. The molecule has 0 bridgehead atoms. The van der Waals surface area contributed by atoms with Crippen molar-refractivity contribution in [1.82, 2.24) is 19.9 Å². The first-order valence-electron chi connectivity index (χ1n) is 8.48. The Labute approximate surface area is 152 Å². The molecule has 1 aromatic carbocycles. The third-order valence-electron chi connectivity index (χ3n) is 4.24. The average molecular weight is 360 g/mol. The van der Waals surface area contributed by atoms with Crippen LogP contribution in [0.5, 0.6) is 0 Å². The van der Waals surface area contributed by atoms with Crippen LogP contribution in [0.1, 0.15) is 23.9 Å². The number of benzene rings is 1. The van der Waals surface area contributed by atoms with Crippen molar-refractivity contribution in [3.8, 4) is 0 Å². The van der Waals surface area contributed by atoms with Crippen LogP contribution >= 0.6 is 0 Å². The first-order chi connectivity index (χ1) is 13.2. The highest BCUT2D eigenvalue weighted by molar-refractivity contribution is 5.87. The number of aromatic nitrogens is 4. The van der Waals surface area contributed by atoms with Crippen LogP contribution in [0.15, 0.2) is 56.9 Å². The smallest absolute Gasteiger partial charge is 0.272 e. The number of rotatable bonds is 3. The Hall–Kier alpha value is -3.74. The van der Waals surface area contributed by atoms with Crippen LogP contribution in [0.3, 0.4) is 0 Å². The fraction of sp³-hybridized carbons (Fsp3) is 0.100. The predicted molar refractivity (Wildman–Crippen MR) is 102 cm³/mol. The molecule has 7 nitrogen and oxygen atoms in total. The third-order valence-corrected chi connectivity index (χ3v) is 4.24. The number of aryl methyl sites for hydroxylation is 1. The van der Waals surface area contributed by atoms with Gasteiger partial charge in [0.25, 0.3) is 11.1 Å². The van der Waals surface area contributed by atoms with Gasteiger partial charge in [0.05, 0.1) is 5.52 Å². The quantitative estimate of drug-likeness (QED) is 0.563. The van der Waals surface area contributed by atoms with Crippen molar-refractivity contribution in [2.24, 2.45) is 0 Å². The molecule has 7 heteroatoms. The third kappa shape index (κ3) is 3.22. The van der Waals surface area contributed by atoms with E-state index in [-0.39, 0.29) is 10.7 Å². The number of H-pyrrole nitrogens is 2. The molecule has 0 amide bonds.